The van der Waals surface area contributed by atoms with Gasteiger partial charge in [0.25, 0.3) is 0 Å². The highest BCUT2D eigenvalue weighted by molar-refractivity contribution is 5.70. The quantitative estimate of drug-likeness (QED) is 0.667. The summed E-state index contributed by atoms with van der Waals surface area (Å²) in [5.41, 5.74) is 2.37. The molecule has 0 spiro atoms. The third-order valence-corrected chi connectivity index (χ3v) is 2.78. The van der Waals surface area contributed by atoms with E-state index in [0.29, 0.717) is 12.2 Å². The predicted octanol–water partition coefficient (Wildman–Crippen LogP) is 1.93. The molecule has 0 fully saturated rings. The maximum atomic E-state index is 10.6. The van der Waals surface area contributed by atoms with Gasteiger partial charge in [0.1, 0.15) is 5.69 Å². The van der Waals surface area contributed by atoms with Crippen LogP contribution in [0.2, 0.25) is 0 Å². The number of nitrogens with zero attached hydrogens (tertiary/aromatic N) is 4. The van der Waals surface area contributed by atoms with E-state index in [9.17, 15) is 4.79 Å². The van der Waals surface area contributed by atoms with Gasteiger partial charge in [-0.2, -0.15) is 5.10 Å². The van der Waals surface area contributed by atoms with Gasteiger partial charge < -0.3 is 4.57 Å². The fourth-order valence-electron chi connectivity index (χ4n) is 1.88. The van der Waals surface area contributed by atoms with Crippen LogP contribution in [0.1, 0.15) is 16.2 Å². The van der Waals surface area contributed by atoms with Gasteiger partial charge >= 0.3 is 0 Å². The van der Waals surface area contributed by atoms with Crippen molar-refractivity contribution in [3.63, 3.8) is 0 Å². The molecule has 0 N–H and O–H groups in total. The standard InChI is InChI=1S/C14H12N4O/c19-10-13-9-17(11-15-13)8-12-6-7-18(16-12)14-4-2-1-3-5-14/h1-7,9-11H,8H2. The minimum absolute atomic E-state index is 0.433. The molecule has 94 valence electrons. The van der Waals surface area contributed by atoms with Crippen LogP contribution in [0.4, 0.5) is 0 Å². The molecular weight excluding hydrogens is 240 g/mol. The highest BCUT2D eigenvalue weighted by Crippen LogP contribution is 2.08. The van der Waals surface area contributed by atoms with Gasteiger partial charge in [0.15, 0.2) is 6.29 Å². The summed E-state index contributed by atoms with van der Waals surface area (Å²) in [7, 11) is 0. The molecule has 5 heteroatoms. The lowest BCUT2D eigenvalue weighted by Gasteiger charge is -2.00. The Labute approximate surface area is 110 Å². The molecular formula is C14H12N4O. The van der Waals surface area contributed by atoms with E-state index in [1.54, 1.807) is 12.5 Å². The SMILES string of the molecule is O=Cc1cn(Cc2ccn(-c3ccccc3)n2)cn1. The molecule has 0 bridgehead atoms. The highest BCUT2D eigenvalue weighted by Gasteiger charge is 2.03. The van der Waals surface area contributed by atoms with Gasteiger partial charge in [0.05, 0.1) is 24.3 Å². The van der Waals surface area contributed by atoms with Crippen molar-refractivity contribution >= 4 is 6.29 Å². The normalized spacial score (nSPS) is 10.5. The van der Waals surface area contributed by atoms with Gasteiger partial charge in [-0.15, -0.1) is 0 Å². The van der Waals surface area contributed by atoms with Crippen LogP contribution >= 0.6 is 0 Å². The van der Waals surface area contributed by atoms with Crippen LogP contribution < -0.4 is 0 Å². The molecule has 0 amide bonds. The first-order chi connectivity index (χ1) is 9.35. The largest absolute Gasteiger partial charge is 0.331 e. The predicted molar refractivity (Wildman–Crippen MR) is 70.3 cm³/mol. The third kappa shape index (κ3) is 2.44. The molecule has 0 unspecified atom stereocenters. The molecule has 0 radical (unpaired) electrons. The van der Waals surface area contributed by atoms with E-state index in [1.807, 2.05) is 51.8 Å². The molecule has 5 nitrogen and oxygen atoms in total. The number of hydrogen-bond donors (Lipinski definition) is 0. The summed E-state index contributed by atoms with van der Waals surface area (Å²) in [5, 5.41) is 4.49. The van der Waals surface area contributed by atoms with Crippen LogP contribution in [0.5, 0.6) is 0 Å². The first kappa shape index (κ1) is 11.4. The summed E-state index contributed by atoms with van der Waals surface area (Å²) >= 11 is 0. The summed E-state index contributed by atoms with van der Waals surface area (Å²) < 4.78 is 3.66. The molecule has 0 aliphatic carbocycles. The number of hydrogen-bond acceptors (Lipinski definition) is 3. The van der Waals surface area contributed by atoms with Crippen LogP contribution in [-0.2, 0) is 6.54 Å². The Morgan fingerprint density at radius 3 is 2.74 bits per heavy atom. The molecule has 0 aliphatic rings. The van der Waals surface area contributed by atoms with E-state index in [0.717, 1.165) is 17.7 Å². The van der Waals surface area contributed by atoms with Crippen molar-refractivity contribution in [3.8, 4) is 5.69 Å². The summed E-state index contributed by atoms with van der Waals surface area (Å²) in [6, 6.07) is 11.9. The van der Waals surface area contributed by atoms with Crippen molar-refractivity contribution in [1.29, 1.82) is 0 Å². The lowest BCUT2D eigenvalue weighted by Crippen LogP contribution is -2.00. The van der Waals surface area contributed by atoms with Crippen molar-refractivity contribution in [2.75, 3.05) is 0 Å². The molecule has 0 aliphatic heterocycles. The van der Waals surface area contributed by atoms with Crippen LogP contribution in [0.15, 0.2) is 55.1 Å². The van der Waals surface area contributed by atoms with Crippen LogP contribution in [0.3, 0.4) is 0 Å². The fourth-order valence-corrected chi connectivity index (χ4v) is 1.88. The number of benzene rings is 1. The van der Waals surface area contributed by atoms with Gasteiger partial charge in [-0.05, 0) is 18.2 Å². The van der Waals surface area contributed by atoms with Gasteiger partial charge in [-0.1, -0.05) is 18.2 Å². The van der Waals surface area contributed by atoms with Crippen LogP contribution in [0, 0.1) is 0 Å². The summed E-state index contributed by atoms with van der Waals surface area (Å²) in [6.45, 7) is 0.598. The Kier molecular flexibility index (Phi) is 2.94. The molecule has 0 saturated heterocycles. The number of carbonyl (C=O) groups excluding carboxylic acids is 1. The molecule has 0 atom stereocenters. The lowest BCUT2D eigenvalue weighted by molar-refractivity contribution is 0.111. The summed E-state index contributed by atoms with van der Waals surface area (Å²) in [5.74, 6) is 0. The number of para-hydroxylation sites is 1. The molecule has 2 aromatic heterocycles. The molecule has 0 saturated carbocycles. The Morgan fingerprint density at radius 2 is 2.00 bits per heavy atom. The zero-order chi connectivity index (χ0) is 13.1. The minimum atomic E-state index is 0.433. The molecule has 1 aromatic carbocycles. The number of imidazole rings is 1. The second-order valence-corrected chi connectivity index (χ2v) is 4.18. The molecule has 3 rings (SSSR count). The number of rotatable bonds is 4. The average molecular weight is 252 g/mol. The van der Waals surface area contributed by atoms with E-state index < -0.39 is 0 Å². The maximum Gasteiger partial charge on any atom is 0.169 e. The van der Waals surface area contributed by atoms with Gasteiger partial charge in [0.2, 0.25) is 0 Å². The minimum Gasteiger partial charge on any atom is -0.331 e. The van der Waals surface area contributed by atoms with Gasteiger partial charge in [-0.25, -0.2) is 9.67 Å². The third-order valence-electron chi connectivity index (χ3n) is 2.78. The Morgan fingerprint density at radius 1 is 1.16 bits per heavy atom. The second-order valence-electron chi connectivity index (χ2n) is 4.18. The van der Waals surface area contributed by atoms with E-state index in [-0.39, 0.29) is 0 Å². The van der Waals surface area contributed by atoms with E-state index in [2.05, 4.69) is 10.1 Å². The monoisotopic (exact) mass is 252 g/mol. The first-order valence-corrected chi connectivity index (χ1v) is 5.92. The van der Waals surface area contributed by atoms with Crippen molar-refractivity contribution < 1.29 is 4.79 Å². The smallest absolute Gasteiger partial charge is 0.169 e. The van der Waals surface area contributed by atoms with E-state index in [4.69, 9.17) is 0 Å². The summed E-state index contributed by atoms with van der Waals surface area (Å²) in [4.78, 5) is 14.5. The van der Waals surface area contributed by atoms with Gasteiger partial charge in [-0.3, -0.25) is 4.79 Å². The average Bonchev–Trinajstić information content (AvgIpc) is 3.09. The highest BCUT2D eigenvalue weighted by atomic mass is 16.1. The molecule has 19 heavy (non-hydrogen) atoms. The van der Waals surface area contributed by atoms with Crippen LogP contribution in [0.25, 0.3) is 5.69 Å². The Hall–Kier alpha value is -2.69. The Bertz CT molecular complexity index is 684. The number of aromatic nitrogens is 4. The van der Waals surface area contributed by atoms with Crippen molar-refractivity contribution in [1.82, 2.24) is 19.3 Å². The molecule has 2 heterocycles. The molecule has 3 aromatic rings. The first-order valence-electron chi connectivity index (χ1n) is 5.92. The topological polar surface area (TPSA) is 52.7 Å². The number of carbonyl (C=O) groups is 1. The zero-order valence-corrected chi connectivity index (χ0v) is 10.2. The zero-order valence-electron chi connectivity index (χ0n) is 10.2. The second kappa shape index (κ2) is 4.89. The maximum absolute atomic E-state index is 10.6. The fraction of sp³-hybridized carbons (Fsp3) is 0.0714. The van der Waals surface area contributed by atoms with Crippen molar-refractivity contribution in [2.24, 2.45) is 0 Å². The lowest BCUT2D eigenvalue weighted by atomic mass is 10.3. The van der Waals surface area contributed by atoms with Crippen LogP contribution in [-0.4, -0.2) is 25.6 Å². The van der Waals surface area contributed by atoms with Gasteiger partial charge in [0, 0.05) is 12.4 Å². The van der Waals surface area contributed by atoms with E-state index in [1.165, 1.54) is 0 Å². The van der Waals surface area contributed by atoms with Crippen molar-refractivity contribution in [2.45, 2.75) is 6.54 Å². The van der Waals surface area contributed by atoms with E-state index >= 15 is 0 Å². The Balaban J connectivity index is 1.80. The van der Waals surface area contributed by atoms with Crippen molar-refractivity contribution in [3.05, 3.63) is 66.5 Å². The number of aldehydes is 1. The summed E-state index contributed by atoms with van der Waals surface area (Å²) in [6.07, 6.45) is 5.99.